The van der Waals surface area contributed by atoms with Crippen molar-refractivity contribution in [1.29, 1.82) is 0 Å². The molecule has 234 valence electrons. The van der Waals surface area contributed by atoms with Crippen LogP contribution in [-0.4, -0.2) is 0 Å². The van der Waals surface area contributed by atoms with Gasteiger partial charge >= 0.3 is 0 Å². The van der Waals surface area contributed by atoms with E-state index in [9.17, 15) is 0 Å². The Morgan fingerprint density at radius 1 is 0.340 bits per heavy atom. The van der Waals surface area contributed by atoms with Crippen LogP contribution in [0, 0.1) is 0 Å². The molecule has 0 spiro atoms. The summed E-state index contributed by atoms with van der Waals surface area (Å²) in [4.78, 5) is 2.40. The molecule has 1 nitrogen and oxygen atoms in total. The van der Waals surface area contributed by atoms with Crippen LogP contribution in [0.1, 0.15) is 0 Å². The van der Waals surface area contributed by atoms with E-state index in [1.54, 1.807) is 0 Å². The summed E-state index contributed by atoms with van der Waals surface area (Å²) in [6.07, 6.45) is 0. The first-order valence-electron chi connectivity index (χ1n) is 17.1. The molecule has 0 bridgehead atoms. The molecule has 0 aliphatic rings. The van der Waals surface area contributed by atoms with Crippen molar-refractivity contribution < 1.29 is 0 Å². The Bertz CT molecular complexity index is 2870. The van der Waals surface area contributed by atoms with Gasteiger partial charge < -0.3 is 4.90 Å². The normalized spacial score (nSPS) is 11.6. The van der Waals surface area contributed by atoms with Crippen molar-refractivity contribution in [3.05, 3.63) is 188 Å². The molecular formula is C48H31NS. The molecule has 2 heteroatoms. The summed E-state index contributed by atoms with van der Waals surface area (Å²) < 4.78 is 2.69. The zero-order valence-corrected chi connectivity index (χ0v) is 28.1. The fourth-order valence-corrected chi connectivity index (χ4v) is 8.80. The van der Waals surface area contributed by atoms with Gasteiger partial charge in [-0.05, 0) is 91.5 Å². The predicted octanol–water partition coefficient (Wildman–Crippen LogP) is 14.3. The van der Waals surface area contributed by atoms with Crippen molar-refractivity contribution in [2.45, 2.75) is 0 Å². The molecule has 0 radical (unpaired) electrons. The lowest BCUT2D eigenvalue weighted by Crippen LogP contribution is -2.11. The lowest BCUT2D eigenvalue weighted by Gasteiger charge is -2.28. The van der Waals surface area contributed by atoms with Gasteiger partial charge in [0, 0.05) is 37.1 Å². The van der Waals surface area contributed by atoms with E-state index in [1.807, 2.05) is 11.3 Å². The zero-order valence-electron chi connectivity index (χ0n) is 27.3. The van der Waals surface area contributed by atoms with Crippen LogP contribution < -0.4 is 4.90 Å². The van der Waals surface area contributed by atoms with Gasteiger partial charge in [-0.15, -0.1) is 11.3 Å². The van der Waals surface area contributed by atoms with Gasteiger partial charge in [-0.2, -0.15) is 0 Å². The molecule has 9 aromatic carbocycles. The van der Waals surface area contributed by atoms with Gasteiger partial charge in [0.05, 0.1) is 5.69 Å². The molecule has 1 aromatic heterocycles. The quantitative estimate of drug-likeness (QED) is 0.167. The highest BCUT2D eigenvalue weighted by Crippen LogP contribution is 2.44. The minimum Gasteiger partial charge on any atom is -0.310 e. The van der Waals surface area contributed by atoms with E-state index < -0.39 is 0 Å². The van der Waals surface area contributed by atoms with Gasteiger partial charge in [0.15, 0.2) is 0 Å². The van der Waals surface area contributed by atoms with Gasteiger partial charge in [-0.1, -0.05) is 146 Å². The minimum absolute atomic E-state index is 1.12. The molecule has 10 rings (SSSR count). The van der Waals surface area contributed by atoms with Crippen LogP contribution in [0.2, 0.25) is 0 Å². The molecule has 0 aliphatic carbocycles. The van der Waals surface area contributed by atoms with E-state index in [0.29, 0.717) is 0 Å². The molecule has 0 saturated heterocycles. The molecule has 0 N–H and O–H groups in total. The molecule has 0 fully saturated rings. The van der Waals surface area contributed by atoms with Crippen molar-refractivity contribution >= 4 is 80.9 Å². The average molecular weight is 654 g/mol. The molecule has 0 saturated carbocycles. The molecular weight excluding hydrogens is 623 g/mol. The summed E-state index contributed by atoms with van der Waals surface area (Å²) >= 11 is 1.89. The Hall–Kier alpha value is -6.22. The molecule has 50 heavy (non-hydrogen) atoms. The first-order valence-corrected chi connectivity index (χ1v) is 17.9. The van der Waals surface area contributed by atoms with Crippen LogP contribution in [-0.2, 0) is 0 Å². The number of thiophene rings is 1. The fourth-order valence-electron chi connectivity index (χ4n) is 7.58. The summed E-state index contributed by atoms with van der Waals surface area (Å²) in [5.74, 6) is 0. The van der Waals surface area contributed by atoms with Gasteiger partial charge in [0.25, 0.3) is 0 Å². The molecule has 0 atom stereocenters. The van der Waals surface area contributed by atoms with Crippen LogP contribution in [0.15, 0.2) is 188 Å². The zero-order chi connectivity index (χ0) is 33.0. The van der Waals surface area contributed by atoms with E-state index in [-0.39, 0.29) is 0 Å². The van der Waals surface area contributed by atoms with Crippen molar-refractivity contribution in [2.75, 3.05) is 4.90 Å². The molecule has 0 amide bonds. The first kappa shape index (κ1) is 28.8. The van der Waals surface area contributed by atoms with Crippen LogP contribution in [0.4, 0.5) is 17.1 Å². The van der Waals surface area contributed by atoms with E-state index in [2.05, 4.69) is 193 Å². The number of hydrogen-bond acceptors (Lipinski definition) is 2. The van der Waals surface area contributed by atoms with Gasteiger partial charge in [-0.3, -0.25) is 0 Å². The third-order valence-corrected chi connectivity index (χ3v) is 11.3. The summed E-state index contributed by atoms with van der Waals surface area (Å²) in [6.45, 7) is 0. The Kier molecular flexibility index (Phi) is 6.75. The number of anilines is 3. The first-order chi connectivity index (χ1) is 24.8. The summed E-state index contributed by atoms with van der Waals surface area (Å²) in [5, 5.41) is 10.3. The van der Waals surface area contributed by atoms with Crippen LogP contribution in [0.3, 0.4) is 0 Å². The SMILES string of the molecule is c1ccc(-c2ccccc2N(c2ccc(-c3ccc4sc5c6ccccc6ccc5c4c3)cc2)c2ccc3c(ccc4ccccc43)c2)cc1. The smallest absolute Gasteiger partial charge is 0.0540 e. The largest absolute Gasteiger partial charge is 0.310 e. The maximum Gasteiger partial charge on any atom is 0.0540 e. The monoisotopic (exact) mass is 653 g/mol. The summed E-state index contributed by atoms with van der Waals surface area (Å²) in [7, 11) is 0. The topological polar surface area (TPSA) is 3.24 Å². The third-order valence-electron chi connectivity index (χ3n) is 10.0. The van der Waals surface area contributed by atoms with Crippen LogP contribution >= 0.6 is 11.3 Å². The third kappa shape index (κ3) is 4.76. The number of para-hydroxylation sites is 1. The van der Waals surface area contributed by atoms with E-state index >= 15 is 0 Å². The Balaban J connectivity index is 1.11. The second kappa shape index (κ2) is 11.7. The predicted molar refractivity (Wildman–Crippen MR) is 217 cm³/mol. The molecule has 0 aliphatic heterocycles. The maximum absolute atomic E-state index is 2.40. The average Bonchev–Trinajstić information content (AvgIpc) is 3.57. The standard InChI is InChI=1S/C48H31NS/c1-2-10-33(11-3-1)42-15-8-9-17-46(42)49(39-26-28-41-37(30-39)19-18-34-12-4-6-14-40(34)41)38-24-20-32(21-25-38)36-23-29-47-45(31-36)44-27-22-35-13-5-7-16-43(35)48(44)50-47/h1-31H. The fraction of sp³-hybridized carbons (Fsp3) is 0. The number of rotatable bonds is 5. The summed E-state index contributed by atoms with van der Waals surface area (Å²) in [6, 6.07) is 68.7. The number of benzene rings is 9. The summed E-state index contributed by atoms with van der Waals surface area (Å²) in [5.41, 5.74) is 8.21. The maximum atomic E-state index is 2.40. The second-order valence-corrected chi connectivity index (χ2v) is 14.0. The Morgan fingerprint density at radius 3 is 1.82 bits per heavy atom. The van der Waals surface area contributed by atoms with Crippen molar-refractivity contribution in [3.63, 3.8) is 0 Å². The van der Waals surface area contributed by atoms with Crippen molar-refractivity contribution in [2.24, 2.45) is 0 Å². The van der Waals surface area contributed by atoms with E-state index in [4.69, 9.17) is 0 Å². The highest BCUT2D eigenvalue weighted by molar-refractivity contribution is 7.26. The van der Waals surface area contributed by atoms with Crippen LogP contribution in [0.25, 0.3) is 74.7 Å². The molecule has 10 aromatic rings. The van der Waals surface area contributed by atoms with Gasteiger partial charge in [0.1, 0.15) is 0 Å². The minimum atomic E-state index is 1.12. The van der Waals surface area contributed by atoms with Crippen molar-refractivity contribution in [1.82, 2.24) is 0 Å². The number of fused-ring (bicyclic) bond motifs is 8. The van der Waals surface area contributed by atoms with E-state index in [1.165, 1.54) is 74.7 Å². The Labute approximate surface area is 294 Å². The van der Waals surface area contributed by atoms with Crippen molar-refractivity contribution in [3.8, 4) is 22.3 Å². The Morgan fingerprint density at radius 2 is 0.960 bits per heavy atom. The highest BCUT2D eigenvalue weighted by atomic mass is 32.1. The second-order valence-electron chi connectivity index (χ2n) is 12.9. The van der Waals surface area contributed by atoms with E-state index in [0.717, 1.165) is 17.1 Å². The number of hydrogen-bond donors (Lipinski definition) is 0. The van der Waals surface area contributed by atoms with Gasteiger partial charge in [-0.25, -0.2) is 0 Å². The van der Waals surface area contributed by atoms with Gasteiger partial charge in [0.2, 0.25) is 0 Å². The highest BCUT2D eigenvalue weighted by Gasteiger charge is 2.18. The number of nitrogens with zero attached hydrogens (tertiary/aromatic N) is 1. The molecule has 0 unspecified atom stereocenters. The lowest BCUT2D eigenvalue weighted by molar-refractivity contribution is 1.29. The van der Waals surface area contributed by atoms with Crippen LogP contribution in [0.5, 0.6) is 0 Å². The lowest BCUT2D eigenvalue weighted by atomic mass is 9.99. The molecule has 1 heterocycles.